The molecular weight excluding hydrogens is 382 g/mol. The summed E-state index contributed by atoms with van der Waals surface area (Å²) in [5.41, 5.74) is 1.72. The summed E-state index contributed by atoms with van der Waals surface area (Å²) in [5.74, 6) is -0.931. The minimum Gasteiger partial charge on any atom is -0.476 e. The summed E-state index contributed by atoms with van der Waals surface area (Å²) < 4.78 is 5.31. The van der Waals surface area contributed by atoms with Crippen molar-refractivity contribution < 1.29 is 14.5 Å². The van der Waals surface area contributed by atoms with Crippen LogP contribution in [-0.2, 0) is 4.79 Å². The second-order valence-electron chi connectivity index (χ2n) is 5.83. The Kier molecular flexibility index (Phi) is 6.18. The Bertz CT molecular complexity index is 965. The number of nitro groups is 1. The summed E-state index contributed by atoms with van der Waals surface area (Å²) in [6, 6.07) is 19.0. The molecule has 7 nitrogen and oxygen atoms in total. The first kappa shape index (κ1) is 19.3. The Morgan fingerprint density at radius 1 is 1.07 bits per heavy atom. The minimum atomic E-state index is -0.659. The van der Waals surface area contributed by atoms with Crippen LogP contribution in [0.5, 0.6) is 5.75 Å². The van der Waals surface area contributed by atoms with Crippen molar-refractivity contribution in [1.29, 1.82) is 0 Å². The fourth-order valence-corrected chi connectivity index (χ4v) is 2.76. The van der Waals surface area contributed by atoms with Gasteiger partial charge in [0, 0.05) is 5.02 Å². The van der Waals surface area contributed by atoms with Crippen LogP contribution in [0, 0.1) is 10.1 Å². The second kappa shape index (κ2) is 8.96. The Morgan fingerprint density at radius 3 is 2.43 bits per heavy atom. The predicted octanol–water partition coefficient (Wildman–Crippen LogP) is 3.93. The lowest BCUT2D eigenvalue weighted by molar-refractivity contribution is -0.390. The van der Waals surface area contributed by atoms with Gasteiger partial charge in [-0.1, -0.05) is 54.1 Å². The van der Waals surface area contributed by atoms with Gasteiger partial charge in [-0.2, -0.15) is 0 Å². The lowest BCUT2D eigenvalue weighted by Crippen LogP contribution is -2.33. The van der Waals surface area contributed by atoms with Gasteiger partial charge in [-0.25, -0.2) is 0 Å². The molecule has 0 fully saturated rings. The van der Waals surface area contributed by atoms with Crippen LogP contribution in [0.1, 0.15) is 17.2 Å². The Balaban J connectivity index is 1.75. The molecule has 0 bridgehead atoms. The molecular formula is C20H16ClN3O4. The third-order valence-electron chi connectivity index (χ3n) is 3.92. The Hall–Kier alpha value is -3.45. The molecule has 0 unspecified atom stereocenters. The molecule has 28 heavy (non-hydrogen) atoms. The molecule has 1 N–H and O–H groups in total. The number of nitrogens with zero attached hydrogens (tertiary/aromatic N) is 2. The van der Waals surface area contributed by atoms with E-state index in [9.17, 15) is 14.9 Å². The third kappa shape index (κ3) is 4.83. The van der Waals surface area contributed by atoms with Gasteiger partial charge in [0.05, 0.1) is 6.04 Å². The number of hydrogen-bond acceptors (Lipinski definition) is 5. The van der Waals surface area contributed by atoms with E-state index >= 15 is 0 Å². The topological polar surface area (TPSA) is 94.4 Å². The molecule has 3 aromatic rings. The molecule has 1 amide bonds. The van der Waals surface area contributed by atoms with E-state index in [-0.39, 0.29) is 12.4 Å². The molecule has 1 aromatic heterocycles. The molecule has 0 spiro atoms. The summed E-state index contributed by atoms with van der Waals surface area (Å²) in [4.78, 5) is 26.5. The first-order valence-corrected chi connectivity index (χ1v) is 8.74. The summed E-state index contributed by atoms with van der Waals surface area (Å²) >= 11 is 5.96. The van der Waals surface area contributed by atoms with Gasteiger partial charge in [-0.05, 0) is 45.3 Å². The number of aromatic nitrogens is 1. The number of rotatable bonds is 7. The van der Waals surface area contributed by atoms with E-state index in [1.807, 2.05) is 42.5 Å². The number of benzene rings is 2. The average Bonchev–Trinajstić information content (AvgIpc) is 2.72. The molecule has 0 aliphatic carbocycles. The van der Waals surface area contributed by atoms with Crippen molar-refractivity contribution in [2.75, 3.05) is 6.61 Å². The smallest absolute Gasteiger partial charge is 0.406 e. The van der Waals surface area contributed by atoms with Crippen LogP contribution >= 0.6 is 11.6 Å². The number of nitrogens with one attached hydrogen (secondary N) is 1. The van der Waals surface area contributed by atoms with E-state index in [1.54, 1.807) is 12.1 Å². The van der Waals surface area contributed by atoms with E-state index in [4.69, 9.17) is 16.3 Å². The van der Waals surface area contributed by atoms with Crippen LogP contribution in [0.2, 0.25) is 5.02 Å². The van der Waals surface area contributed by atoms with E-state index in [2.05, 4.69) is 10.3 Å². The zero-order valence-electron chi connectivity index (χ0n) is 14.6. The van der Waals surface area contributed by atoms with Crippen LogP contribution < -0.4 is 10.1 Å². The molecule has 0 aliphatic rings. The normalized spacial score (nSPS) is 11.5. The van der Waals surface area contributed by atoms with Crippen molar-refractivity contribution in [3.05, 3.63) is 99.2 Å². The highest BCUT2D eigenvalue weighted by molar-refractivity contribution is 6.30. The molecule has 0 aliphatic heterocycles. The highest BCUT2D eigenvalue weighted by Gasteiger charge is 2.20. The van der Waals surface area contributed by atoms with Gasteiger partial charge in [0.25, 0.3) is 5.91 Å². The molecule has 0 saturated carbocycles. The number of carbonyl (C=O) groups excluding carboxylic acids is 1. The van der Waals surface area contributed by atoms with E-state index in [1.165, 1.54) is 18.3 Å². The van der Waals surface area contributed by atoms with Crippen molar-refractivity contribution in [3.8, 4) is 5.75 Å². The molecule has 1 atom stereocenters. The van der Waals surface area contributed by atoms with Crippen LogP contribution in [0.4, 0.5) is 5.82 Å². The molecule has 142 valence electrons. The van der Waals surface area contributed by atoms with Crippen LogP contribution in [0.25, 0.3) is 0 Å². The number of hydrogen-bond donors (Lipinski definition) is 1. The highest BCUT2D eigenvalue weighted by atomic mass is 35.5. The number of amides is 1. The van der Waals surface area contributed by atoms with E-state index in [0.717, 1.165) is 11.1 Å². The molecule has 2 aromatic carbocycles. The maximum Gasteiger partial charge on any atom is 0.406 e. The largest absolute Gasteiger partial charge is 0.476 e. The van der Waals surface area contributed by atoms with Gasteiger partial charge in [-0.3, -0.25) is 4.79 Å². The molecule has 3 rings (SSSR count). The minimum absolute atomic E-state index is 0.0644. The van der Waals surface area contributed by atoms with Gasteiger partial charge >= 0.3 is 5.82 Å². The van der Waals surface area contributed by atoms with Gasteiger partial charge in [-0.15, -0.1) is 0 Å². The maximum absolute atomic E-state index is 12.5. The fourth-order valence-electron chi connectivity index (χ4n) is 2.64. The SMILES string of the molecule is O=C(COc1cccnc1[N+](=O)[O-])N[C@@H](c1ccccc1)c1ccc(Cl)cc1. The monoisotopic (exact) mass is 397 g/mol. The van der Waals surface area contributed by atoms with Gasteiger partial charge in [0.2, 0.25) is 5.75 Å². The lowest BCUT2D eigenvalue weighted by atomic mass is 9.99. The van der Waals surface area contributed by atoms with Gasteiger partial charge in [0.15, 0.2) is 6.61 Å². The van der Waals surface area contributed by atoms with Crippen molar-refractivity contribution >= 4 is 23.3 Å². The van der Waals surface area contributed by atoms with E-state index in [0.29, 0.717) is 5.02 Å². The summed E-state index contributed by atoms with van der Waals surface area (Å²) in [7, 11) is 0. The first-order valence-electron chi connectivity index (χ1n) is 8.36. The lowest BCUT2D eigenvalue weighted by Gasteiger charge is -2.20. The number of halogens is 1. The number of pyridine rings is 1. The zero-order chi connectivity index (χ0) is 19.9. The Morgan fingerprint density at radius 2 is 1.75 bits per heavy atom. The van der Waals surface area contributed by atoms with Crippen molar-refractivity contribution in [1.82, 2.24) is 10.3 Å². The van der Waals surface area contributed by atoms with Crippen LogP contribution in [-0.4, -0.2) is 22.4 Å². The first-order chi connectivity index (χ1) is 13.5. The van der Waals surface area contributed by atoms with E-state index < -0.39 is 22.7 Å². The molecule has 8 heteroatoms. The van der Waals surface area contributed by atoms with Gasteiger partial charge in [0.1, 0.15) is 6.20 Å². The van der Waals surface area contributed by atoms with Crippen molar-refractivity contribution in [3.63, 3.8) is 0 Å². The average molecular weight is 398 g/mol. The summed E-state index contributed by atoms with van der Waals surface area (Å²) in [6.07, 6.45) is 1.29. The summed E-state index contributed by atoms with van der Waals surface area (Å²) in [6.45, 7) is -0.385. The quantitative estimate of drug-likeness (QED) is 0.481. The second-order valence-corrected chi connectivity index (χ2v) is 6.27. The van der Waals surface area contributed by atoms with Crippen LogP contribution in [0.15, 0.2) is 72.9 Å². The predicted molar refractivity (Wildman–Crippen MR) is 104 cm³/mol. The van der Waals surface area contributed by atoms with Crippen molar-refractivity contribution in [2.45, 2.75) is 6.04 Å². The number of ether oxygens (including phenoxy) is 1. The number of carbonyl (C=O) groups is 1. The molecule has 0 saturated heterocycles. The van der Waals surface area contributed by atoms with Crippen molar-refractivity contribution in [2.24, 2.45) is 0 Å². The fraction of sp³-hybridized carbons (Fsp3) is 0.100. The molecule has 0 radical (unpaired) electrons. The third-order valence-corrected chi connectivity index (χ3v) is 4.18. The molecule has 1 heterocycles. The maximum atomic E-state index is 12.5. The zero-order valence-corrected chi connectivity index (χ0v) is 15.4. The van der Waals surface area contributed by atoms with Crippen LogP contribution in [0.3, 0.4) is 0 Å². The standard InChI is InChI=1S/C20H16ClN3O4/c21-16-10-8-15(9-11-16)19(14-5-2-1-3-6-14)23-18(25)13-28-17-7-4-12-22-20(17)24(26)27/h1-12,19H,13H2,(H,23,25)/t19-/m0/s1. The summed E-state index contributed by atoms with van der Waals surface area (Å²) in [5, 5.41) is 14.5. The van der Waals surface area contributed by atoms with Gasteiger partial charge < -0.3 is 20.2 Å². The Labute approximate surface area is 166 Å². The highest BCUT2D eigenvalue weighted by Crippen LogP contribution is 2.25.